The minimum absolute atomic E-state index is 0.371. The van der Waals surface area contributed by atoms with Crippen LogP contribution in [-0.4, -0.2) is 52.3 Å². The number of hydrogen-bond acceptors (Lipinski definition) is 8. The first-order valence-corrected chi connectivity index (χ1v) is 7.02. The van der Waals surface area contributed by atoms with E-state index < -0.39 is 38.4 Å². The van der Waals surface area contributed by atoms with Crippen LogP contribution < -0.4 is 4.89 Å². The maximum atomic E-state index is 11.2. The fourth-order valence-electron chi connectivity index (χ4n) is 1.40. The normalized spacial score (nSPS) is 34.3. The fourth-order valence-corrected chi connectivity index (χ4v) is 1.84. The van der Waals surface area contributed by atoms with Crippen LogP contribution in [0.5, 0.6) is 0 Å². The van der Waals surface area contributed by atoms with Crippen LogP contribution in [0, 0.1) is 5.92 Å². The molecule has 1 saturated heterocycles. The van der Waals surface area contributed by atoms with E-state index in [0.717, 1.165) is 0 Å². The SMILES string of the molecule is CC(C)C(=O)OC[C@H]1O[C@H](OP(=O)([O-])O)[C@H](O)[C@@H]1O. The molecule has 1 heterocycles. The molecule has 1 aliphatic rings. The number of phosphoric ester groups is 1. The van der Waals surface area contributed by atoms with Crippen molar-refractivity contribution in [2.75, 3.05) is 6.61 Å². The summed E-state index contributed by atoms with van der Waals surface area (Å²) in [6.07, 6.45) is -6.07. The average Bonchev–Trinajstić information content (AvgIpc) is 2.52. The Morgan fingerprint density at radius 2 is 2.00 bits per heavy atom. The van der Waals surface area contributed by atoms with E-state index in [2.05, 4.69) is 4.52 Å². The lowest BCUT2D eigenvalue weighted by atomic mass is 10.1. The molecular formula is C9H16O9P-. The molecule has 0 aromatic rings. The predicted octanol–water partition coefficient (Wildman–Crippen LogP) is -1.89. The Hall–Kier alpha value is -0.540. The zero-order chi connectivity index (χ0) is 14.8. The van der Waals surface area contributed by atoms with E-state index in [1.165, 1.54) is 0 Å². The van der Waals surface area contributed by atoms with E-state index in [-0.39, 0.29) is 12.5 Å². The molecule has 5 atom stereocenters. The monoisotopic (exact) mass is 299 g/mol. The molecule has 3 N–H and O–H groups in total. The van der Waals surface area contributed by atoms with Crippen LogP contribution in [0.3, 0.4) is 0 Å². The Morgan fingerprint density at radius 1 is 1.42 bits per heavy atom. The third-order valence-electron chi connectivity index (χ3n) is 2.42. The quantitative estimate of drug-likeness (QED) is 0.391. The number of aliphatic hydroxyl groups is 2. The Kier molecular flexibility index (Phi) is 5.45. The molecule has 0 aromatic carbocycles. The summed E-state index contributed by atoms with van der Waals surface area (Å²) in [7, 11) is -5.11. The smallest absolute Gasteiger partial charge is 0.308 e. The molecule has 1 unspecified atom stereocenters. The molecule has 0 aromatic heterocycles. The largest absolute Gasteiger partial charge is 0.756 e. The Balaban J connectivity index is 2.54. The van der Waals surface area contributed by atoms with Gasteiger partial charge in [-0.15, -0.1) is 0 Å². The van der Waals surface area contributed by atoms with E-state index in [9.17, 15) is 24.5 Å². The topological polar surface area (TPSA) is 146 Å². The minimum Gasteiger partial charge on any atom is -0.756 e. The standard InChI is InChI=1S/C9H17O9P/c1-4(2)8(12)16-3-5-6(10)7(11)9(17-5)18-19(13,14)15/h4-7,9-11H,3H2,1-2H3,(H2,13,14,15)/p-1/t5-,6-,7-,9-/m1/s1. The fraction of sp³-hybridized carbons (Fsp3) is 0.889. The van der Waals surface area contributed by atoms with Gasteiger partial charge in [-0.1, -0.05) is 13.8 Å². The maximum absolute atomic E-state index is 11.2. The van der Waals surface area contributed by atoms with E-state index in [0.29, 0.717) is 0 Å². The maximum Gasteiger partial charge on any atom is 0.308 e. The highest BCUT2D eigenvalue weighted by Crippen LogP contribution is 2.37. The van der Waals surface area contributed by atoms with Gasteiger partial charge in [-0.2, -0.15) is 0 Å². The molecule has 0 bridgehead atoms. The summed E-state index contributed by atoms with van der Waals surface area (Å²) in [5.74, 6) is -0.916. The molecule has 1 aliphatic heterocycles. The van der Waals surface area contributed by atoms with Crippen molar-refractivity contribution in [3.05, 3.63) is 0 Å². The highest BCUT2D eigenvalue weighted by atomic mass is 31.2. The first-order chi connectivity index (χ1) is 8.61. The van der Waals surface area contributed by atoms with Crippen molar-refractivity contribution in [3.8, 4) is 0 Å². The highest BCUT2D eigenvalue weighted by molar-refractivity contribution is 7.44. The van der Waals surface area contributed by atoms with Crippen molar-refractivity contribution < 1.29 is 43.4 Å². The second-order valence-electron chi connectivity index (χ2n) is 4.38. The third-order valence-corrected chi connectivity index (χ3v) is 2.89. The van der Waals surface area contributed by atoms with Gasteiger partial charge in [0, 0.05) is 0 Å². The van der Waals surface area contributed by atoms with Crippen molar-refractivity contribution >= 4 is 13.8 Å². The molecule has 0 saturated carbocycles. The number of rotatable bonds is 5. The average molecular weight is 299 g/mol. The van der Waals surface area contributed by atoms with Gasteiger partial charge in [-0.3, -0.25) is 13.9 Å². The number of hydrogen-bond donors (Lipinski definition) is 3. The van der Waals surface area contributed by atoms with Crippen molar-refractivity contribution in [1.82, 2.24) is 0 Å². The lowest BCUT2D eigenvalue weighted by molar-refractivity contribution is -0.244. The van der Waals surface area contributed by atoms with Gasteiger partial charge in [-0.05, 0) is 0 Å². The first kappa shape index (κ1) is 16.5. The summed E-state index contributed by atoms with van der Waals surface area (Å²) >= 11 is 0. The summed E-state index contributed by atoms with van der Waals surface area (Å²) in [5, 5.41) is 19.0. The molecule has 1 rings (SSSR count). The molecule has 0 amide bonds. The van der Waals surface area contributed by atoms with Crippen molar-refractivity contribution in [3.63, 3.8) is 0 Å². The van der Waals surface area contributed by atoms with Gasteiger partial charge in [0.25, 0.3) is 7.82 Å². The molecule has 0 aliphatic carbocycles. The summed E-state index contributed by atoms with van der Waals surface area (Å²) in [5.41, 5.74) is 0. The van der Waals surface area contributed by atoms with Crippen LogP contribution in [0.2, 0.25) is 0 Å². The molecule has 10 heteroatoms. The Labute approximate surface area is 109 Å². The summed E-state index contributed by atoms with van der Waals surface area (Å²) < 4.78 is 24.2. The zero-order valence-electron chi connectivity index (χ0n) is 10.3. The number of carbonyl (C=O) groups excluding carboxylic acids is 1. The van der Waals surface area contributed by atoms with Gasteiger partial charge >= 0.3 is 5.97 Å². The summed E-state index contributed by atoms with van der Waals surface area (Å²) in [4.78, 5) is 30.2. The van der Waals surface area contributed by atoms with Crippen LogP contribution in [0.4, 0.5) is 0 Å². The summed E-state index contributed by atoms with van der Waals surface area (Å²) in [6.45, 7) is 2.84. The van der Waals surface area contributed by atoms with E-state index in [1.807, 2.05) is 0 Å². The second-order valence-corrected chi connectivity index (χ2v) is 5.53. The van der Waals surface area contributed by atoms with Gasteiger partial charge in [0.2, 0.25) is 0 Å². The highest BCUT2D eigenvalue weighted by Gasteiger charge is 2.45. The van der Waals surface area contributed by atoms with Crippen molar-refractivity contribution in [2.45, 2.75) is 38.4 Å². The van der Waals surface area contributed by atoms with Gasteiger partial charge in [0.1, 0.15) is 24.9 Å². The van der Waals surface area contributed by atoms with Gasteiger partial charge in [-0.25, -0.2) is 0 Å². The second kappa shape index (κ2) is 6.27. The van der Waals surface area contributed by atoms with Crippen molar-refractivity contribution in [2.24, 2.45) is 5.92 Å². The van der Waals surface area contributed by atoms with Crippen LogP contribution >= 0.6 is 7.82 Å². The predicted molar refractivity (Wildman–Crippen MR) is 57.4 cm³/mol. The van der Waals surface area contributed by atoms with Crippen LogP contribution in [0.1, 0.15) is 13.8 Å². The molecule has 0 spiro atoms. The lowest BCUT2D eigenvalue weighted by Gasteiger charge is -2.22. The molecule has 19 heavy (non-hydrogen) atoms. The van der Waals surface area contributed by atoms with E-state index in [1.54, 1.807) is 13.8 Å². The molecular weight excluding hydrogens is 283 g/mol. The number of esters is 1. The number of carbonyl (C=O) groups is 1. The van der Waals surface area contributed by atoms with Crippen LogP contribution in [0.25, 0.3) is 0 Å². The Morgan fingerprint density at radius 3 is 2.47 bits per heavy atom. The van der Waals surface area contributed by atoms with Gasteiger partial charge < -0.3 is 29.5 Å². The van der Waals surface area contributed by atoms with E-state index in [4.69, 9.17) is 14.4 Å². The van der Waals surface area contributed by atoms with Crippen LogP contribution in [0.15, 0.2) is 0 Å². The zero-order valence-corrected chi connectivity index (χ0v) is 11.2. The summed E-state index contributed by atoms with van der Waals surface area (Å²) in [6, 6.07) is 0. The number of aliphatic hydroxyl groups excluding tert-OH is 2. The first-order valence-electron chi connectivity index (χ1n) is 5.52. The van der Waals surface area contributed by atoms with Crippen molar-refractivity contribution in [1.29, 1.82) is 0 Å². The van der Waals surface area contributed by atoms with Crippen LogP contribution in [-0.2, 0) is 23.4 Å². The Bertz CT molecular complexity index is 365. The number of phosphoric acid groups is 1. The minimum atomic E-state index is -5.11. The molecule has 9 nitrogen and oxygen atoms in total. The molecule has 0 radical (unpaired) electrons. The van der Waals surface area contributed by atoms with Gasteiger partial charge in [0.05, 0.1) is 5.92 Å². The molecule has 112 valence electrons. The molecule has 1 fully saturated rings. The third kappa shape index (κ3) is 4.81. The van der Waals surface area contributed by atoms with E-state index >= 15 is 0 Å². The number of ether oxygens (including phenoxy) is 2. The van der Waals surface area contributed by atoms with Gasteiger partial charge in [0.15, 0.2) is 6.29 Å². The lowest BCUT2D eigenvalue weighted by Crippen LogP contribution is -2.35.